The number of benzene rings is 1. The quantitative estimate of drug-likeness (QED) is 0.473. The summed E-state index contributed by atoms with van der Waals surface area (Å²) < 4.78 is 0. The number of hydrogen-bond acceptors (Lipinski definition) is 0. The maximum absolute atomic E-state index is 6.27. The molecule has 0 atom stereocenters. The fourth-order valence-corrected chi connectivity index (χ4v) is 4.57. The molecule has 0 amide bonds. The maximum Gasteiger partial charge on any atom is 0.0453 e. The normalized spacial score (nSPS) is 12.2. The third kappa shape index (κ3) is 4.40. The molecule has 0 saturated heterocycles. The van der Waals surface area contributed by atoms with E-state index in [4.69, 9.17) is 23.2 Å². The second kappa shape index (κ2) is 7.52. The first kappa shape index (κ1) is 16.8. The van der Waals surface area contributed by atoms with Gasteiger partial charge in [0.15, 0.2) is 0 Å². The molecule has 0 aliphatic rings. The SMILES string of the molecule is CC(C)CC(CBr)(CBr)Cc1c(Cl)cccc1Cl. The van der Waals surface area contributed by atoms with Crippen LogP contribution >= 0.6 is 55.1 Å². The van der Waals surface area contributed by atoms with Gasteiger partial charge in [-0.3, -0.25) is 0 Å². The number of rotatable bonds is 6. The third-order valence-corrected chi connectivity index (χ3v) is 6.11. The molecule has 0 aliphatic heterocycles. The van der Waals surface area contributed by atoms with Crippen LogP contribution in [0.2, 0.25) is 10.0 Å². The number of hydrogen-bond donors (Lipinski definition) is 0. The highest BCUT2D eigenvalue weighted by Crippen LogP contribution is 2.38. The maximum atomic E-state index is 6.27. The third-order valence-electron chi connectivity index (χ3n) is 3.02. The van der Waals surface area contributed by atoms with Crippen molar-refractivity contribution in [2.75, 3.05) is 10.7 Å². The highest BCUT2D eigenvalue weighted by molar-refractivity contribution is 9.09. The van der Waals surface area contributed by atoms with Gasteiger partial charge in [0.25, 0.3) is 0 Å². The molecule has 0 fully saturated rings. The Bertz CT molecular complexity index is 367. The summed E-state index contributed by atoms with van der Waals surface area (Å²) in [6.07, 6.45) is 2.02. The Morgan fingerprint density at radius 2 is 1.61 bits per heavy atom. The molecule has 0 radical (unpaired) electrons. The van der Waals surface area contributed by atoms with Crippen LogP contribution in [0.15, 0.2) is 18.2 Å². The Morgan fingerprint density at radius 3 is 2.00 bits per heavy atom. The van der Waals surface area contributed by atoms with Crippen LogP contribution < -0.4 is 0 Å². The van der Waals surface area contributed by atoms with Crippen molar-refractivity contribution in [3.63, 3.8) is 0 Å². The average molecular weight is 417 g/mol. The lowest BCUT2D eigenvalue weighted by molar-refractivity contribution is 0.304. The van der Waals surface area contributed by atoms with E-state index in [2.05, 4.69) is 45.7 Å². The first-order valence-corrected chi connectivity index (χ1v) is 8.99. The Morgan fingerprint density at radius 1 is 1.11 bits per heavy atom. The molecule has 1 aromatic carbocycles. The van der Waals surface area contributed by atoms with Gasteiger partial charge < -0.3 is 0 Å². The van der Waals surface area contributed by atoms with Gasteiger partial charge in [-0.25, -0.2) is 0 Å². The summed E-state index contributed by atoms with van der Waals surface area (Å²) in [5, 5.41) is 3.39. The largest absolute Gasteiger partial charge is 0.0922 e. The van der Waals surface area contributed by atoms with Crippen LogP contribution in [-0.4, -0.2) is 10.7 Å². The van der Waals surface area contributed by atoms with Gasteiger partial charge in [-0.15, -0.1) is 0 Å². The van der Waals surface area contributed by atoms with Gasteiger partial charge in [-0.1, -0.05) is 75.0 Å². The van der Waals surface area contributed by atoms with Gasteiger partial charge >= 0.3 is 0 Å². The molecule has 0 nitrogen and oxygen atoms in total. The zero-order chi connectivity index (χ0) is 13.8. The van der Waals surface area contributed by atoms with E-state index in [9.17, 15) is 0 Å². The van der Waals surface area contributed by atoms with Crippen LogP contribution in [0.3, 0.4) is 0 Å². The molecule has 1 rings (SSSR count). The van der Waals surface area contributed by atoms with Crippen LogP contribution in [0.4, 0.5) is 0 Å². The van der Waals surface area contributed by atoms with Crippen molar-refractivity contribution in [1.29, 1.82) is 0 Å². The molecule has 0 unspecified atom stereocenters. The van der Waals surface area contributed by atoms with E-state index in [-0.39, 0.29) is 5.41 Å². The second-order valence-corrected chi connectivity index (χ2v) is 7.18. The Balaban J connectivity index is 3.03. The summed E-state index contributed by atoms with van der Waals surface area (Å²) in [6.45, 7) is 4.49. The molecule has 0 N–H and O–H groups in total. The van der Waals surface area contributed by atoms with E-state index in [1.165, 1.54) is 0 Å². The van der Waals surface area contributed by atoms with Crippen molar-refractivity contribution in [2.45, 2.75) is 26.7 Å². The van der Waals surface area contributed by atoms with E-state index >= 15 is 0 Å². The van der Waals surface area contributed by atoms with E-state index in [1.807, 2.05) is 18.2 Å². The first-order chi connectivity index (χ1) is 8.44. The molecule has 1 aromatic rings. The molecule has 0 heterocycles. The van der Waals surface area contributed by atoms with Crippen molar-refractivity contribution in [2.24, 2.45) is 11.3 Å². The summed E-state index contributed by atoms with van der Waals surface area (Å²) in [7, 11) is 0. The summed E-state index contributed by atoms with van der Waals surface area (Å²) in [4.78, 5) is 0. The minimum Gasteiger partial charge on any atom is -0.0922 e. The van der Waals surface area contributed by atoms with Crippen LogP contribution in [0.25, 0.3) is 0 Å². The van der Waals surface area contributed by atoms with Crippen LogP contribution in [-0.2, 0) is 6.42 Å². The molecule has 0 aromatic heterocycles. The standard InChI is InChI=1S/C14H18Br2Cl2/c1-10(2)6-14(8-15,9-16)7-11-12(17)4-3-5-13(11)18/h3-5,10H,6-9H2,1-2H3. The zero-order valence-corrected chi connectivity index (χ0v) is 15.3. The molecule has 0 aliphatic carbocycles. The summed E-state index contributed by atoms with van der Waals surface area (Å²) >= 11 is 19.8. The van der Waals surface area contributed by atoms with Crippen molar-refractivity contribution < 1.29 is 0 Å². The van der Waals surface area contributed by atoms with Crippen molar-refractivity contribution in [3.05, 3.63) is 33.8 Å². The Hall–Kier alpha value is 0.760. The predicted octanol–water partition coefficient (Wildman–Crippen LogP) is 6.36. The van der Waals surface area contributed by atoms with E-state index in [1.54, 1.807) is 0 Å². The fraction of sp³-hybridized carbons (Fsp3) is 0.571. The van der Waals surface area contributed by atoms with Crippen LogP contribution in [0.1, 0.15) is 25.8 Å². The predicted molar refractivity (Wildman–Crippen MR) is 89.6 cm³/mol. The van der Waals surface area contributed by atoms with E-state index in [0.29, 0.717) is 5.92 Å². The minimum atomic E-state index is 0.156. The molecule has 4 heteroatoms. The van der Waals surface area contributed by atoms with Gasteiger partial charge in [0.05, 0.1) is 0 Å². The molecular formula is C14H18Br2Cl2. The van der Waals surface area contributed by atoms with Gasteiger partial charge in [0.1, 0.15) is 0 Å². The minimum absolute atomic E-state index is 0.156. The average Bonchev–Trinajstić information content (AvgIpc) is 2.32. The Labute approximate surface area is 137 Å². The van der Waals surface area contributed by atoms with Crippen molar-refractivity contribution in [3.8, 4) is 0 Å². The van der Waals surface area contributed by atoms with Crippen molar-refractivity contribution >= 4 is 55.1 Å². The summed E-state index contributed by atoms with van der Waals surface area (Å²) in [5.41, 5.74) is 1.21. The molecular weight excluding hydrogens is 399 g/mol. The lowest BCUT2D eigenvalue weighted by atomic mass is 9.79. The molecule has 102 valence electrons. The summed E-state index contributed by atoms with van der Waals surface area (Å²) in [6, 6.07) is 5.71. The molecule has 0 saturated carbocycles. The second-order valence-electron chi connectivity index (χ2n) is 5.24. The van der Waals surface area contributed by atoms with Gasteiger partial charge in [-0.05, 0) is 41.9 Å². The Kier molecular flexibility index (Phi) is 7.02. The topological polar surface area (TPSA) is 0 Å². The smallest absolute Gasteiger partial charge is 0.0453 e. The highest BCUT2D eigenvalue weighted by Gasteiger charge is 2.30. The van der Waals surface area contributed by atoms with Gasteiger partial charge in [0, 0.05) is 20.7 Å². The monoisotopic (exact) mass is 414 g/mol. The van der Waals surface area contributed by atoms with E-state index in [0.717, 1.165) is 39.1 Å². The first-order valence-electron chi connectivity index (χ1n) is 5.99. The lowest BCUT2D eigenvalue weighted by Crippen LogP contribution is -2.29. The molecule has 0 spiro atoms. The van der Waals surface area contributed by atoms with E-state index < -0.39 is 0 Å². The van der Waals surface area contributed by atoms with Crippen LogP contribution in [0.5, 0.6) is 0 Å². The van der Waals surface area contributed by atoms with Gasteiger partial charge in [0.2, 0.25) is 0 Å². The molecule has 0 bridgehead atoms. The lowest BCUT2D eigenvalue weighted by Gasteiger charge is -2.32. The highest BCUT2D eigenvalue weighted by atomic mass is 79.9. The zero-order valence-electron chi connectivity index (χ0n) is 10.6. The van der Waals surface area contributed by atoms with Crippen LogP contribution in [0, 0.1) is 11.3 Å². The fourth-order valence-electron chi connectivity index (χ4n) is 2.25. The summed E-state index contributed by atoms with van der Waals surface area (Å²) in [5.74, 6) is 0.640. The van der Waals surface area contributed by atoms with Crippen molar-refractivity contribution in [1.82, 2.24) is 0 Å². The van der Waals surface area contributed by atoms with Gasteiger partial charge in [-0.2, -0.15) is 0 Å². The molecule has 18 heavy (non-hydrogen) atoms. The number of halogens is 4. The number of alkyl halides is 2.